The predicted molar refractivity (Wildman–Crippen MR) is 90.4 cm³/mol. The normalized spacial score (nSPS) is 20.6. The van der Waals surface area contributed by atoms with E-state index in [1.807, 2.05) is 6.92 Å². The minimum absolute atomic E-state index is 0.128. The third-order valence-corrected chi connectivity index (χ3v) is 5.42. The maximum Gasteiger partial charge on any atom is 0.356 e. The highest BCUT2D eigenvalue weighted by atomic mass is 32.2. The number of amides is 3. The number of nitrogens with zero attached hydrogens (tertiary/aromatic N) is 2. The largest absolute Gasteiger partial charge is 0.356 e. The summed E-state index contributed by atoms with van der Waals surface area (Å²) in [4.78, 5) is 56.0. The Labute approximate surface area is 149 Å². The molecule has 0 aliphatic carbocycles. The lowest BCUT2D eigenvalue weighted by Gasteiger charge is -2.25. The average Bonchev–Trinajstić information content (AvgIpc) is 3.20. The minimum Gasteiger partial charge on any atom is -0.327 e. The molecule has 2 heterocycles. The van der Waals surface area contributed by atoms with Crippen molar-refractivity contribution in [1.82, 2.24) is 9.96 Å². The van der Waals surface area contributed by atoms with Gasteiger partial charge in [0, 0.05) is 11.7 Å². The molecule has 25 heavy (non-hydrogen) atoms. The zero-order chi connectivity index (χ0) is 18.1. The molecule has 0 saturated carbocycles. The molecule has 3 rings (SSSR count). The number of fused-ring (bicyclic) bond motifs is 1. The fourth-order valence-electron chi connectivity index (χ4n) is 2.71. The number of carbonyl (C=O) groups excluding carboxylic acids is 4. The van der Waals surface area contributed by atoms with E-state index >= 15 is 0 Å². The molecule has 0 N–H and O–H groups in total. The Hall–Kier alpha value is -2.35. The molecule has 1 fully saturated rings. The third-order valence-electron chi connectivity index (χ3n) is 4.41. The summed E-state index contributed by atoms with van der Waals surface area (Å²) in [6.07, 6.45) is 0.667. The highest BCUT2D eigenvalue weighted by molar-refractivity contribution is 7.99. The minimum atomic E-state index is -0.796. The first-order chi connectivity index (χ1) is 12.0. The zero-order valence-corrected chi connectivity index (χ0v) is 14.7. The fraction of sp³-hybridized carbons (Fsp3) is 0.412. The molecule has 0 aromatic heterocycles. The van der Waals surface area contributed by atoms with Crippen LogP contribution in [-0.4, -0.2) is 51.3 Å². The van der Waals surface area contributed by atoms with Crippen molar-refractivity contribution in [2.75, 3.05) is 11.6 Å². The molecule has 132 valence electrons. The third kappa shape index (κ3) is 3.02. The first kappa shape index (κ1) is 17.5. The molecule has 1 saturated heterocycles. The molecule has 1 aromatic carbocycles. The number of thioether (sulfide) groups is 1. The van der Waals surface area contributed by atoms with Gasteiger partial charge in [-0.25, -0.2) is 4.79 Å². The van der Waals surface area contributed by atoms with Crippen LogP contribution in [0.5, 0.6) is 0 Å². The second-order valence-electron chi connectivity index (χ2n) is 5.99. The van der Waals surface area contributed by atoms with E-state index in [1.54, 1.807) is 19.1 Å². The van der Waals surface area contributed by atoms with E-state index in [1.165, 1.54) is 28.8 Å². The van der Waals surface area contributed by atoms with Crippen LogP contribution in [0.1, 0.15) is 41.0 Å². The van der Waals surface area contributed by atoms with E-state index in [0.717, 1.165) is 0 Å². The number of imide groups is 1. The average molecular weight is 362 g/mol. The standard InChI is InChI=1S/C17H18N2O5S/c1-3-10(2)14(20)18-9-25-8-13(18)17(23)24-19-15(21)11-6-4-5-7-12(11)16(19)22/h4-7,10,13H,3,8-9H2,1-2H3/t10?,13-/m0/s1. The van der Waals surface area contributed by atoms with Crippen LogP contribution in [-0.2, 0) is 14.4 Å². The highest BCUT2D eigenvalue weighted by Gasteiger charge is 2.43. The van der Waals surface area contributed by atoms with Gasteiger partial charge in [-0.2, -0.15) is 0 Å². The summed E-state index contributed by atoms with van der Waals surface area (Å²) in [5.74, 6) is -1.66. The summed E-state index contributed by atoms with van der Waals surface area (Å²) in [7, 11) is 0. The van der Waals surface area contributed by atoms with E-state index < -0.39 is 23.8 Å². The van der Waals surface area contributed by atoms with Gasteiger partial charge in [0.25, 0.3) is 11.8 Å². The molecule has 1 unspecified atom stereocenters. The maximum absolute atomic E-state index is 12.5. The van der Waals surface area contributed by atoms with E-state index in [0.29, 0.717) is 23.1 Å². The highest BCUT2D eigenvalue weighted by Crippen LogP contribution is 2.27. The van der Waals surface area contributed by atoms with Gasteiger partial charge in [0.05, 0.1) is 17.0 Å². The van der Waals surface area contributed by atoms with Crippen LogP contribution in [0.15, 0.2) is 24.3 Å². The summed E-state index contributed by atoms with van der Waals surface area (Å²) >= 11 is 1.44. The van der Waals surface area contributed by atoms with Crippen LogP contribution in [0, 0.1) is 5.92 Å². The van der Waals surface area contributed by atoms with Crippen LogP contribution in [0.3, 0.4) is 0 Å². The van der Waals surface area contributed by atoms with Crippen molar-refractivity contribution in [3.05, 3.63) is 35.4 Å². The number of hydroxylamine groups is 2. The number of benzene rings is 1. The summed E-state index contributed by atoms with van der Waals surface area (Å²) in [6, 6.07) is 5.49. The van der Waals surface area contributed by atoms with Crippen molar-refractivity contribution in [1.29, 1.82) is 0 Å². The van der Waals surface area contributed by atoms with Gasteiger partial charge >= 0.3 is 5.97 Å². The quantitative estimate of drug-likeness (QED) is 0.758. The molecule has 1 aromatic rings. The Morgan fingerprint density at radius 2 is 1.84 bits per heavy atom. The lowest BCUT2D eigenvalue weighted by Crippen LogP contribution is -2.47. The van der Waals surface area contributed by atoms with Gasteiger partial charge in [0.1, 0.15) is 6.04 Å². The molecule has 2 aliphatic heterocycles. The Balaban J connectivity index is 1.74. The second kappa shape index (κ2) is 6.87. The van der Waals surface area contributed by atoms with Gasteiger partial charge < -0.3 is 9.74 Å². The van der Waals surface area contributed by atoms with Crippen LogP contribution in [0.25, 0.3) is 0 Å². The van der Waals surface area contributed by atoms with Crippen LogP contribution in [0.4, 0.5) is 0 Å². The Morgan fingerprint density at radius 1 is 1.24 bits per heavy atom. The smallest absolute Gasteiger partial charge is 0.327 e. The molecule has 2 aliphatic rings. The molecule has 8 heteroatoms. The maximum atomic E-state index is 12.5. The topological polar surface area (TPSA) is 84.0 Å². The van der Waals surface area contributed by atoms with Crippen LogP contribution in [0.2, 0.25) is 0 Å². The molecule has 0 spiro atoms. The molecular formula is C17H18N2O5S. The molecule has 2 atom stereocenters. The molecular weight excluding hydrogens is 344 g/mol. The van der Waals surface area contributed by atoms with Crippen LogP contribution < -0.4 is 0 Å². The zero-order valence-electron chi connectivity index (χ0n) is 13.9. The number of hydrogen-bond donors (Lipinski definition) is 0. The Kier molecular flexibility index (Phi) is 4.80. The van der Waals surface area contributed by atoms with Gasteiger partial charge in [-0.3, -0.25) is 14.4 Å². The fourth-order valence-corrected chi connectivity index (χ4v) is 3.86. The predicted octanol–water partition coefficient (Wildman–Crippen LogP) is 1.69. The second-order valence-corrected chi connectivity index (χ2v) is 6.99. The number of carbonyl (C=O) groups is 4. The molecule has 3 amide bonds. The van der Waals surface area contributed by atoms with Gasteiger partial charge in [0.15, 0.2) is 0 Å². The lowest BCUT2D eigenvalue weighted by molar-refractivity contribution is -0.175. The number of hydrogen-bond acceptors (Lipinski definition) is 6. The van der Waals surface area contributed by atoms with Gasteiger partial charge in [-0.1, -0.05) is 31.0 Å². The SMILES string of the molecule is CCC(C)C(=O)N1CSC[C@H]1C(=O)ON1C(=O)c2ccccc2C1=O. The van der Waals surface area contributed by atoms with Crippen molar-refractivity contribution >= 4 is 35.5 Å². The van der Waals surface area contributed by atoms with Gasteiger partial charge in [-0.15, -0.1) is 11.8 Å². The van der Waals surface area contributed by atoms with Crippen molar-refractivity contribution < 1.29 is 24.0 Å². The van der Waals surface area contributed by atoms with Crippen LogP contribution >= 0.6 is 11.8 Å². The summed E-state index contributed by atoms with van der Waals surface area (Å²) in [5.41, 5.74) is 0.405. The van der Waals surface area contributed by atoms with E-state index in [4.69, 9.17) is 4.84 Å². The molecule has 7 nitrogen and oxygen atoms in total. The van der Waals surface area contributed by atoms with Gasteiger partial charge in [0.2, 0.25) is 5.91 Å². The molecule has 0 radical (unpaired) electrons. The lowest BCUT2D eigenvalue weighted by atomic mass is 10.1. The number of rotatable bonds is 4. The van der Waals surface area contributed by atoms with E-state index in [9.17, 15) is 19.2 Å². The van der Waals surface area contributed by atoms with Crippen molar-refractivity contribution in [2.45, 2.75) is 26.3 Å². The summed E-state index contributed by atoms with van der Waals surface area (Å²) in [5, 5.41) is 0.488. The Morgan fingerprint density at radius 3 is 2.40 bits per heavy atom. The first-order valence-electron chi connectivity index (χ1n) is 8.03. The van der Waals surface area contributed by atoms with Crippen molar-refractivity contribution in [3.63, 3.8) is 0 Å². The van der Waals surface area contributed by atoms with E-state index in [-0.39, 0.29) is 23.0 Å². The van der Waals surface area contributed by atoms with Crippen molar-refractivity contribution in [3.8, 4) is 0 Å². The monoisotopic (exact) mass is 362 g/mol. The van der Waals surface area contributed by atoms with Gasteiger partial charge in [-0.05, 0) is 18.6 Å². The first-order valence-corrected chi connectivity index (χ1v) is 9.19. The summed E-state index contributed by atoms with van der Waals surface area (Å²) in [6.45, 7) is 3.70. The molecule has 0 bridgehead atoms. The van der Waals surface area contributed by atoms with E-state index in [2.05, 4.69) is 0 Å². The summed E-state index contributed by atoms with van der Waals surface area (Å²) < 4.78 is 0. The van der Waals surface area contributed by atoms with Crippen molar-refractivity contribution in [2.24, 2.45) is 5.92 Å². The Bertz CT molecular complexity index is 715.